The Morgan fingerprint density at radius 1 is 1.25 bits per heavy atom. The molecule has 0 saturated heterocycles. The summed E-state index contributed by atoms with van der Waals surface area (Å²) in [6, 6.07) is 9.77. The van der Waals surface area contributed by atoms with Gasteiger partial charge >= 0.3 is 0 Å². The number of rotatable bonds is 5. The first-order valence-electron chi connectivity index (χ1n) is 5.13. The number of hydrogen-bond acceptors (Lipinski definition) is 2. The van der Waals surface area contributed by atoms with E-state index in [2.05, 4.69) is 4.98 Å². The van der Waals surface area contributed by atoms with Gasteiger partial charge in [0.25, 0.3) is 0 Å². The van der Waals surface area contributed by atoms with Crippen molar-refractivity contribution >= 4 is 11.6 Å². The molecule has 0 radical (unpaired) electrons. The van der Waals surface area contributed by atoms with Crippen LogP contribution in [-0.4, -0.2) is 16.2 Å². The van der Waals surface area contributed by atoms with Crippen LogP contribution in [0.1, 0.15) is 5.69 Å². The molecule has 0 aliphatic heterocycles. The zero-order valence-corrected chi connectivity index (χ0v) is 9.60. The first-order chi connectivity index (χ1) is 7.88. The average Bonchev–Trinajstić information content (AvgIpc) is 2.78. The molecule has 0 amide bonds. The highest BCUT2D eigenvalue weighted by Crippen LogP contribution is 2.08. The highest BCUT2D eigenvalue weighted by Gasteiger charge is 1.97. The van der Waals surface area contributed by atoms with Gasteiger partial charge < -0.3 is 9.30 Å². The Labute approximate surface area is 99.6 Å². The Hall–Kier alpha value is -1.48. The van der Waals surface area contributed by atoms with Crippen LogP contribution in [0.5, 0.6) is 5.75 Å². The summed E-state index contributed by atoms with van der Waals surface area (Å²) in [6.07, 6.45) is 3.70. The molecule has 0 bridgehead atoms. The normalized spacial score (nSPS) is 10.3. The van der Waals surface area contributed by atoms with E-state index in [4.69, 9.17) is 16.3 Å². The van der Waals surface area contributed by atoms with E-state index in [0.717, 1.165) is 18.0 Å². The van der Waals surface area contributed by atoms with Gasteiger partial charge in [0.1, 0.15) is 12.4 Å². The van der Waals surface area contributed by atoms with Gasteiger partial charge in [-0.3, -0.25) is 0 Å². The molecular weight excluding hydrogens is 224 g/mol. The van der Waals surface area contributed by atoms with Gasteiger partial charge in [-0.2, -0.15) is 0 Å². The topological polar surface area (TPSA) is 27.1 Å². The average molecular weight is 237 g/mol. The summed E-state index contributed by atoms with van der Waals surface area (Å²) in [4.78, 5) is 4.14. The van der Waals surface area contributed by atoms with Crippen LogP contribution < -0.4 is 4.74 Å². The molecular formula is C12H13ClN2O. The maximum atomic E-state index is 5.66. The van der Waals surface area contributed by atoms with E-state index >= 15 is 0 Å². The molecule has 0 aliphatic rings. The van der Waals surface area contributed by atoms with Crippen molar-refractivity contribution in [2.45, 2.75) is 12.4 Å². The molecule has 0 aliphatic carbocycles. The van der Waals surface area contributed by atoms with Crippen molar-refractivity contribution in [1.82, 2.24) is 9.55 Å². The van der Waals surface area contributed by atoms with Crippen LogP contribution in [-0.2, 0) is 12.4 Å². The Morgan fingerprint density at radius 3 is 2.75 bits per heavy atom. The lowest BCUT2D eigenvalue weighted by Gasteiger charge is -2.05. The summed E-state index contributed by atoms with van der Waals surface area (Å²) in [5, 5.41) is 0. The Morgan fingerprint density at radius 2 is 2.06 bits per heavy atom. The van der Waals surface area contributed by atoms with E-state index < -0.39 is 0 Å². The van der Waals surface area contributed by atoms with Crippen molar-refractivity contribution < 1.29 is 4.74 Å². The number of alkyl halides is 1. The first kappa shape index (κ1) is 11.0. The highest BCUT2D eigenvalue weighted by molar-refractivity contribution is 6.16. The van der Waals surface area contributed by atoms with Gasteiger partial charge in [-0.05, 0) is 12.1 Å². The molecule has 3 nitrogen and oxygen atoms in total. The molecule has 1 heterocycles. The molecule has 0 atom stereocenters. The van der Waals surface area contributed by atoms with Crippen LogP contribution in [0.25, 0.3) is 0 Å². The number of para-hydroxylation sites is 1. The molecule has 84 valence electrons. The molecule has 1 aromatic heterocycles. The molecule has 4 heteroatoms. The Balaban J connectivity index is 1.80. The zero-order valence-electron chi connectivity index (χ0n) is 8.84. The molecule has 2 rings (SSSR count). The zero-order chi connectivity index (χ0) is 11.2. The fraction of sp³-hybridized carbons (Fsp3) is 0.250. The summed E-state index contributed by atoms with van der Waals surface area (Å²) < 4.78 is 7.54. The van der Waals surface area contributed by atoms with E-state index in [0.29, 0.717) is 12.5 Å². The lowest BCUT2D eigenvalue weighted by molar-refractivity contribution is 0.298. The molecule has 0 spiro atoms. The van der Waals surface area contributed by atoms with E-state index in [1.165, 1.54) is 0 Å². The van der Waals surface area contributed by atoms with Crippen molar-refractivity contribution in [2.75, 3.05) is 6.61 Å². The highest BCUT2D eigenvalue weighted by atomic mass is 35.5. The van der Waals surface area contributed by atoms with Crippen molar-refractivity contribution in [3.05, 3.63) is 48.5 Å². The maximum absolute atomic E-state index is 5.66. The second-order valence-electron chi connectivity index (χ2n) is 3.40. The molecule has 16 heavy (non-hydrogen) atoms. The maximum Gasteiger partial charge on any atom is 0.119 e. The standard InChI is InChI=1S/C12H13ClN2O/c13-8-11-9-15(10-14-11)6-7-16-12-4-2-1-3-5-12/h1-5,9-10H,6-8H2. The molecule has 1 aromatic carbocycles. The summed E-state index contributed by atoms with van der Waals surface area (Å²) >= 11 is 5.66. The minimum Gasteiger partial charge on any atom is -0.492 e. The summed E-state index contributed by atoms with van der Waals surface area (Å²) in [6.45, 7) is 1.40. The minimum absolute atomic E-state index is 0.451. The third kappa shape index (κ3) is 3.00. The van der Waals surface area contributed by atoms with Crippen LogP contribution in [0.4, 0.5) is 0 Å². The second-order valence-corrected chi connectivity index (χ2v) is 3.67. The van der Waals surface area contributed by atoms with Gasteiger partial charge in [0.05, 0.1) is 24.4 Å². The minimum atomic E-state index is 0.451. The fourth-order valence-electron chi connectivity index (χ4n) is 1.38. The molecule has 2 aromatic rings. The van der Waals surface area contributed by atoms with E-state index in [9.17, 15) is 0 Å². The predicted molar refractivity (Wildman–Crippen MR) is 63.7 cm³/mol. The van der Waals surface area contributed by atoms with Crippen LogP contribution in [0, 0.1) is 0 Å². The Kier molecular flexibility index (Phi) is 3.83. The number of nitrogens with zero attached hydrogens (tertiary/aromatic N) is 2. The van der Waals surface area contributed by atoms with Crippen LogP contribution in [0.3, 0.4) is 0 Å². The quantitative estimate of drug-likeness (QED) is 0.747. The van der Waals surface area contributed by atoms with Crippen LogP contribution in [0.2, 0.25) is 0 Å². The van der Waals surface area contributed by atoms with Gasteiger partial charge in [0, 0.05) is 6.20 Å². The van der Waals surface area contributed by atoms with Crippen molar-refractivity contribution in [1.29, 1.82) is 0 Å². The number of aromatic nitrogens is 2. The smallest absolute Gasteiger partial charge is 0.119 e. The summed E-state index contributed by atoms with van der Waals surface area (Å²) in [7, 11) is 0. The number of hydrogen-bond donors (Lipinski definition) is 0. The van der Waals surface area contributed by atoms with E-state index in [1.807, 2.05) is 41.1 Å². The van der Waals surface area contributed by atoms with Crippen molar-refractivity contribution in [2.24, 2.45) is 0 Å². The van der Waals surface area contributed by atoms with Crippen LogP contribution in [0.15, 0.2) is 42.9 Å². The lowest BCUT2D eigenvalue weighted by Crippen LogP contribution is -2.06. The van der Waals surface area contributed by atoms with Gasteiger partial charge in [0.2, 0.25) is 0 Å². The monoisotopic (exact) mass is 236 g/mol. The number of imidazole rings is 1. The third-order valence-electron chi connectivity index (χ3n) is 2.19. The third-order valence-corrected chi connectivity index (χ3v) is 2.46. The van der Waals surface area contributed by atoms with Gasteiger partial charge in [-0.25, -0.2) is 4.98 Å². The number of benzene rings is 1. The lowest BCUT2D eigenvalue weighted by atomic mass is 10.3. The predicted octanol–water partition coefficient (Wildman–Crippen LogP) is 2.70. The Bertz CT molecular complexity index is 428. The van der Waals surface area contributed by atoms with Gasteiger partial charge in [0.15, 0.2) is 0 Å². The van der Waals surface area contributed by atoms with E-state index in [-0.39, 0.29) is 0 Å². The van der Waals surface area contributed by atoms with Crippen LogP contribution >= 0.6 is 11.6 Å². The van der Waals surface area contributed by atoms with Gasteiger partial charge in [-0.15, -0.1) is 11.6 Å². The molecule has 0 unspecified atom stereocenters. The SMILES string of the molecule is ClCc1cn(CCOc2ccccc2)cn1. The van der Waals surface area contributed by atoms with E-state index in [1.54, 1.807) is 6.33 Å². The summed E-state index contributed by atoms with van der Waals surface area (Å²) in [5.41, 5.74) is 0.890. The number of ether oxygens (including phenoxy) is 1. The second kappa shape index (κ2) is 5.56. The molecule has 0 N–H and O–H groups in total. The summed E-state index contributed by atoms with van der Waals surface area (Å²) in [5.74, 6) is 1.34. The molecule has 0 saturated carbocycles. The number of halogens is 1. The molecule has 0 fully saturated rings. The largest absolute Gasteiger partial charge is 0.492 e. The van der Waals surface area contributed by atoms with Gasteiger partial charge in [-0.1, -0.05) is 18.2 Å². The van der Waals surface area contributed by atoms with Crippen molar-refractivity contribution in [3.63, 3.8) is 0 Å². The van der Waals surface area contributed by atoms with Crippen molar-refractivity contribution in [3.8, 4) is 5.75 Å². The first-order valence-corrected chi connectivity index (χ1v) is 5.66. The fourth-order valence-corrected chi connectivity index (χ4v) is 1.52.